The van der Waals surface area contributed by atoms with Crippen LogP contribution in [0.3, 0.4) is 0 Å². The zero-order valence-electron chi connectivity index (χ0n) is 16.0. The summed E-state index contributed by atoms with van der Waals surface area (Å²) in [6.45, 7) is 1.77. The highest BCUT2D eigenvalue weighted by Crippen LogP contribution is 2.37. The smallest absolute Gasteiger partial charge is 0.222 e. The summed E-state index contributed by atoms with van der Waals surface area (Å²) in [6.07, 6.45) is 9.95. The van der Waals surface area contributed by atoms with Crippen molar-refractivity contribution in [3.8, 4) is 5.75 Å². The standard InChI is InChI=1S/C22H32N2O2/c1-24(21(25)14-17-6-2-3-7-17)19-10-12-22(13-11-19)16-23-15-18-8-4-5-9-20(18)26-22/h4-5,8-9,17,19,23H,2-3,6-7,10-16H2,1H3. The SMILES string of the molecule is CN(C(=O)CC1CCCC1)C1CCC2(CC1)CNCc1ccccc1O2. The van der Waals surface area contributed by atoms with Crippen LogP contribution < -0.4 is 10.1 Å². The van der Waals surface area contributed by atoms with E-state index < -0.39 is 0 Å². The van der Waals surface area contributed by atoms with Crippen molar-refractivity contribution in [1.29, 1.82) is 0 Å². The molecule has 26 heavy (non-hydrogen) atoms. The maximum Gasteiger partial charge on any atom is 0.222 e. The Hall–Kier alpha value is -1.55. The summed E-state index contributed by atoms with van der Waals surface area (Å²) in [7, 11) is 2.02. The molecular weight excluding hydrogens is 324 g/mol. The second-order valence-electron chi connectivity index (χ2n) is 8.59. The lowest BCUT2D eigenvalue weighted by Crippen LogP contribution is -2.51. The first-order valence-electron chi connectivity index (χ1n) is 10.4. The molecule has 1 N–H and O–H groups in total. The molecule has 2 fully saturated rings. The molecule has 1 spiro atoms. The van der Waals surface area contributed by atoms with Crippen LogP contribution in [0, 0.1) is 5.92 Å². The minimum Gasteiger partial charge on any atom is -0.486 e. The number of benzene rings is 1. The first kappa shape index (κ1) is 17.8. The highest BCUT2D eigenvalue weighted by Gasteiger charge is 2.40. The number of rotatable bonds is 3. The highest BCUT2D eigenvalue weighted by molar-refractivity contribution is 5.76. The molecule has 0 saturated heterocycles. The van der Waals surface area contributed by atoms with Crippen molar-refractivity contribution in [2.75, 3.05) is 13.6 Å². The van der Waals surface area contributed by atoms with Gasteiger partial charge in [-0.05, 0) is 50.5 Å². The van der Waals surface area contributed by atoms with Crippen LogP contribution in [0.4, 0.5) is 0 Å². The van der Waals surface area contributed by atoms with Crippen LogP contribution in [0.25, 0.3) is 0 Å². The van der Waals surface area contributed by atoms with Crippen LogP contribution in [-0.2, 0) is 11.3 Å². The monoisotopic (exact) mass is 356 g/mol. The third-order valence-electron chi connectivity index (χ3n) is 6.81. The molecule has 0 atom stereocenters. The molecule has 1 heterocycles. The minimum absolute atomic E-state index is 0.113. The Morgan fingerprint density at radius 3 is 2.69 bits per heavy atom. The molecule has 4 heteroatoms. The maximum atomic E-state index is 12.7. The topological polar surface area (TPSA) is 41.6 Å². The van der Waals surface area contributed by atoms with E-state index in [-0.39, 0.29) is 5.60 Å². The Bertz CT molecular complexity index is 631. The van der Waals surface area contributed by atoms with E-state index in [4.69, 9.17) is 4.74 Å². The predicted molar refractivity (Wildman–Crippen MR) is 103 cm³/mol. The molecule has 2 aliphatic carbocycles. The number of ether oxygens (including phenoxy) is 1. The van der Waals surface area contributed by atoms with Gasteiger partial charge in [-0.25, -0.2) is 0 Å². The van der Waals surface area contributed by atoms with Crippen molar-refractivity contribution in [3.05, 3.63) is 29.8 Å². The number of hydrogen-bond acceptors (Lipinski definition) is 3. The lowest BCUT2D eigenvalue weighted by Gasteiger charge is -2.42. The van der Waals surface area contributed by atoms with Crippen molar-refractivity contribution in [2.45, 2.75) is 76.0 Å². The van der Waals surface area contributed by atoms with E-state index in [1.807, 2.05) is 11.9 Å². The van der Waals surface area contributed by atoms with Crippen LogP contribution in [0.15, 0.2) is 24.3 Å². The van der Waals surface area contributed by atoms with Crippen molar-refractivity contribution < 1.29 is 9.53 Å². The van der Waals surface area contributed by atoms with Gasteiger partial charge in [-0.15, -0.1) is 0 Å². The quantitative estimate of drug-likeness (QED) is 0.893. The summed E-state index contributed by atoms with van der Waals surface area (Å²) in [4.78, 5) is 14.7. The van der Waals surface area contributed by atoms with E-state index >= 15 is 0 Å². The van der Waals surface area contributed by atoms with Crippen LogP contribution in [0.1, 0.15) is 63.4 Å². The number of carbonyl (C=O) groups excluding carboxylic acids is 1. The lowest BCUT2D eigenvalue weighted by atomic mass is 9.81. The first-order chi connectivity index (χ1) is 12.7. The number of carbonyl (C=O) groups is 1. The van der Waals surface area contributed by atoms with Crippen molar-refractivity contribution >= 4 is 5.91 Å². The molecule has 4 rings (SSSR count). The normalized spacial score (nSPS) is 29.0. The number of para-hydroxylation sites is 1. The third kappa shape index (κ3) is 3.75. The molecule has 0 unspecified atom stereocenters. The molecule has 1 amide bonds. The summed E-state index contributed by atoms with van der Waals surface area (Å²) in [5.41, 5.74) is 1.13. The zero-order valence-corrected chi connectivity index (χ0v) is 16.0. The average molecular weight is 357 g/mol. The number of fused-ring (bicyclic) bond motifs is 1. The fourth-order valence-electron chi connectivity index (χ4n) is 5.05. The summed E-state index contributed by atoms with van der Waals surface area (Å²) in [5, 5.41) is 3.57. The van der Waals surface area contributed by atoms with Gasteiger partial charge < -0.3 is 15.0 Å². The summed E-state index contributed by atoms with van der Waals surface area (Å²) in [5.74, 6) is 2.01. The summed E-state index contributed by atoms with van der Waals surface area (Å²) < 4.78 is 6.52. The molecule has 2 saturated carbocycles. The van der Waals surface area contributed by atoms with Crippen LogP contribution in [0.2, 0.25) is 0 Å². The zero-order chi connectivity index (χ0) is 18.0. The molecule has 4 nitrogen and oxygen atoms in total. The fourth-order valence-corrected chi connectivity index (χ4v) is 5.05. The van der Waals surface area contributed by atoms with E-state index in [0.29, 0.717) is 17.9 Å². The summed E-state index contributed by atoms with van der Waals surface area (Å²) in [6, 6.07) is 8.73. The van der Waals surface area contributed by atoms with Crippen molar-refractivity contribution in [3.63, 3.8) is 0 Å². The van der Waals surface area contributed by atoms with Gasteiger partial charge >= 0.3 is 0 Å². The van der Waals surface area contributed by atoms with Gasteiger partial charge in [-0.2, -0.15) is 0 Å². The number of amides is 1. The van der Waals surface area contributed by atoms with Gasteiger partial charge in [0.25, 0.3) is 0 Å². The molecule has 1 aromatic carbocycles. The minimum atomic E-state index is -0.113. The van der Waals surface area contributed by atoms with Gasteiger partial charge in [0.1, 0.15) is 11.4 Å². The highest BCUT2D eigenvalue weighted by atomic mass is 16.5. The number of nitrogens with zero attached hydrogens (tertiary/aromatic N) is 1. The molecule has 3 aliphatic rings. The van der Waals surface area contributed by atoms with Gasteiger partial charge in [0.15, 0.2) is 0 Å². The van der Waals surface area contributed by atoms with Gasteiger partial charge in [0.05, 0.1) is 0 Å². The molecule has 142 valence electrons. The van der Waals surface area contributed by atoms with E-state index in [2.05, 4.69) is 29.6 Å². The first-order valence-corrected chi connectivity index (χ1v) is 10.4. The fraction of sp³-hybridized carbons (Fsp3) is 0.682. The number of hydrogen-bond donors (Lipinski definition) is 1. The van der Waals surface area contributed by atoms with Gasteiger partial charge in [-0.1, -0.05) is 31.0 Å². The molecule has 1 aromatic rings. The van der Waals surface area contributed by atoms with Crippen LogP contribution in [0.5, 0.6) is 5.75 Å². The predicted octanol–water partition coefficient (Wildman–Crippen LogP) is 3.89. The molecule has 0 radical (unpaired) electrons. The second kappa shape index (κ2) is 7.59. The van der Waals surface area contributed by atoms with Gasteiger partial charge in [0.2, 0.25) is 5.91 Å². The van der Waals surface area contributed by atoms with Crippen molar-refractivity contribution in [2.24, 2.45) is 5.92 Å². The molecule has 1 aliphatic heterocycles. The van der Waals surface area contributed by atoms with E-state index in [0.717, 1.165) is 50.9 Å². The Morgan fingerprint density at radius 2 is 1.92 bits per heavy atom. The van der Waals surface area contributed by atoms with E-state index in [9.17, 15) is 4.79 Å². The summed E-state index contributed by atoms with van der Waals surface area (Å²) >= 11 is 0. The van der Waals surface area contributed by atoms with Gasteiger partial charge in [-0.3, -0.25) is 4.79 Å². The van der Waals surface area contributed by atoms with Crippen molar-refractivity contribution in [1.82, 2.24) is 10.2 Å². The largest absolute Gasteiger partial charge is 0.486 e. The van der Waals surface area contributed by atoms with Crippen LogP contribution >= 0.6 is 0 Å². The average Bonchev–Trinajstić information content (AvgIpc) is 3.09. The maximum absolute atomic E-state index is 12.7. The van der Waals surface area contributed by atoms with E-state index in [1.165, 1.54) is 31.2 Å². The molecular formula is C22H32N2O2. The molecule has 0 bridgehead atoms. The lowest BCUT2D eigenvalue weighted by molar-refractivity contribution is -0.134. The Kier molecular flexibility index (Phi) is 5.21. The Balaban J connectivity index is 1.35. The number of nitrogens with one attached hydrogen (secondary N) is 1. The molecule has 0 aromatic heterocycles. The Morgan fingerprint density at radius 1 is 1.19 bits per heavy atom. The van der Waals surface area contributed by atoms with Crippen LogP contribution in [-0.4, -0.2) is 36.0 Å². The van der Waals surface area contributed by atoms with Gasteiger partial charge in [0, 0.05) is 38.2 Å². The Labute approximate surface area is 157 Å². The second-order valence-corrected chi connectivity index (χ2v) is 8.59. The van der Waals surface area contributed by atoms with E-state index in [1.54, 1.807) is 0 Å². The third-order valence-corrected chi connectivity index (χ3v) is 6.81.